The van der Waals surface area contributed by atoms with Gasteiger partial charge in [0.2, 0.25) is 0 Å². The zero-order valence-electron chi connectivity index (χ0n) is 4.90. The van der Waals surface area contributed by atoms with E-state index in [2.05, 4.69) is 11.3 Å². The average Bonchev–Trinajstić information content (AvgIpc) is 2.11. The lowest BCUT2D eigenvalue weighted by molar-refractivity contribution is -0.137. The number of furan rings is 1. The minimum atomic E-state index is -4.32. The van der Waals surface area contributed by atoms with Crippen molar-refractivity contribution in [2.24, 2.45) is 0 Å². The van der Waals surface area contributed by atoms with Gasteiger partial charge in [0.1, 0.15) is 12.0 Å². The molecule has 0 aromatic carbocycles. The van der Waals surface area contributed by atoms with Crippen LogP contribution < -0.4 is 0 Å². The number of hydrogen-bond acceptors (Lipinski definition) is 1. The normalized spacial score (nSPS) is 12.0. The first-order valence-corrected chi connectivity index (χ1v) is 2.48. The molecule has 1 aromatic rings. The molecule has 0 saturated heterocycles. The molecule has 0 aliphatic rings. The van der Waals surface area contributed by atoms with Crippen molar-refractivity contribution in [2.75, 3.05) is 0 Å². The number of alkyl halides is 3. The monoisotopic (exact) mass is 149 g/mol. The first kappa shape index (κ1) is 7.18. The van der Waals surface area contributed by atoms with Crippen molar-refractivity contribution in [3.8, 4) is 0 Å². The first-order chi connectivity index (χ1) is 4.50. The Hall–Kier alpha value is -0.930. The van der Waals surface area contributed by atoms with E-state index in [9.17, 15) is 13.2 Å². The maximum Gasteiger partial charge on any atom is 0.419 e. The molecule has 1 heterocycles. The molecule has 0 bridgehead atoms. The Kier molecular flexibility index (Phi) is 1.46. The van der Waals surface area contributed by atoms with Crippen molar-refractivity contribution < 1.29 is 17.6 Å². The van der Waals surface area contributed by atoms with Gasteiger partial charge in [-0.25, -0.2) is 0 Å². The van der Waals surface area contributed by atoms with Gasteiger partial charge in [-0.05, 0) is 6.07 Å². The summed E-state index contributed by atoms with van der Waals surface area (Å²) in [6.45, 7) is 3.19. The van der Waals surface area contributed by atoms with E-state index in [0.717, 1.165) is 6.07 Å². The van der Waals surface area contributed by atoms with Crippen molar-refractivity contribution in [1.29, 1.82) is 0 Å². The Morgan fingerprint density at radius 2 is 2.00 bits per heavy atom. The van der Waals surface area contributed by atoms with Crippen LogP contribution in [0.2, 0.25) is 0 Å². The fourth-order valence-electron chi connectivity index (χ4n) is 0.529. The summed E-state index contributed by atoms with van der Waals surface area (Å²) in [5.74, 6) is 0.0207. The van der Waals surface area contributed by atoms with Gasteiger partial charge in [-0.1, -0.05) is 0 Å². The Morgan fingerprint density at radius 3 is 2.20 bits per heavy atom. The van der Waals surface area contributed by atoms with Crippen LogP contribution in [0.4, 0.5) is 13.2 Å². The second-order valence-corrected chi connectivity index (χ2v) is 1.80. The fourth-order valence-corrected chi connectivity index (χ4v) is 0.529. The van der Waals surface area contributed by atoms with E-state index in [4.69, 9.17) is 0 Å². The lowest BCUT2D eigenvalue weighted by Gasteiger charge is -1.99. The highest BCUT2D eigenvalue weighted by Crippen LogP contribution is 2.30. The molecule has 1 aromatic heterocycles. The molecular weight excluding hydrogens is 145 g/mol. The predicted octanol–water partition coefficient (Wildman–Crippen LogP) is 2.48. The third-order valence-corrected chi connectivity index (χ3v) is 0.981. The molecule has 1 radical (unpaired) electrons. The van der Waals surface area contributed by atoms with Gasteiger partial charge in [-0.3, -0.25) is 0 Å². The Balaban J connectivity index is 2.96. The van der Waals surface area contributed by atoms with Crippen LogP contribution >= 0.6 is 0 Å². The van der Waals surface area contributed by atoms with Crippen LogP contribution in [0.1, 0.15) is 11.3 Å². The molecule has 0 atom stereocenters. The van der Waals surface area contributed by atoms with Crippen molar-refractivity contribution in [3.05, 3.63) is 30.6 Å². The Morgan fingerprint density at radius 1 is 1.40 bits per heavy atom. The summed E-state index contributed by atoms with van der Waals surface area (Å²) in [5.41, 5.74) is -0.794. The molecule has 0 saturated carbocycles. The summed E-state index contributed by atoms with van der Waals surface area (Å²) in [5, 5.41) is 0. The smallest absolute Gasteiger partial charge is 0.419 e. The lowest BCUT2D eigenvalue weighted by Crippen LogP contribution is -2.01. The molecule has 55 valence electrons. The second kappa shape index (κ2) is 2.04. The van der Waals surface area contributed by atoms with Crippen molar-refractivity contribution >= 4 is 0 Å². The predicted molar refractivity (Wildman–Crippen MR) is 28.2 cm³/mol. The average molecular weight is 149 g/mol. The van der Waals surface area contributed by atoms with Crippen LogP contribution in [0, 0.1) is 6.92 Å². The second-order valence-electron chi connectivity index (χ2n) is 1.80. The molecule has 1 rings (SSSR count). The summed E-state index contributed by atoms with van der Waals surface area (Å²) in [6, 6.07) is 0.847. The summed E-state index contributed by atoms with van der Waals surface area (Å²) in [4.78, 5) is 0. The molecule has 10 heavy (non-hydrogen) atoms. The molecular formula is C6H4F3O. The summed E-state index contributed by atoms with van der Waals surface area (Å²) in [7, 11) is 0. The van der Waals surface area contributed by atoms with Gasteiger partial charge in [0.05, 0.1) is 5.56 Å². The summed E-state index contributed by atoms with van der Waals surface area (Å²) < 4.78 is 39.5. The minimum absolute atomic E-state index is 0.0207. The first-order valence-electron chi connectivity index (χ1n) is 2.48. The molecule has 0 aliphatic heterocycles. The highest BCUT2D eigenvalue weighted by atomic mass is 19.4. The van der Waals surface area contributed by atoms with Gasteiger partial charge in [0.25, 0.3) is 0 Å². The van der Waals surface area contributed by atoms with Gasteiger partial charge in [0, 0.05) is 6.92 Å². The van der Waals surface area contributed by atoms with Crippen molar-refractivity contribution in [1.82, 2.24) is 0 Å². The van der Waals surface area contributed by atoms with Gasteiger partial charge < -0.3 is 4.42 Å². The fraction of sp³-hybridized carbons (Fsp3) is 0.167. The third-order valence-electron chi connectivity index (χ3n) is 0.981. The quantitative estimate of drug-likeness (QED) is 0.552. The van der Waals surface area contributed by atoms with Crippen molar-refractivity contribution in [3.63, 3.8) is 0 Å². The molecule has 1 nitrogen and oxygen atoms in total. The van der Waals surface area contributed by atoms with E-state index < -0.39 is 11.7 Å². The topological polar surface area (TPSA) is 13.1 Å². The SMILES string of the molecule is [CH2]c1cc(C(F)(F)F)co1. The van der Waals surface area contributed by atoms with Crippen molar-refractivity contribution in [2.45, 2.75) is 6.18 Å². The molecule has 0 unspecified atom stereocenters. The van der Waals surface area contributed by atoms with Crippen LogP contribution in [0.15, 0.2) is 16.7 Å². The summed E-state index contributed by atoms with van der Waals surface area (Å²) in [6.07, 6.45) is -3.68. The number of rotatable bonds is 0. The van der Waals surface area contributed by atoms with Gasteiger partial charge >= 0.3 is 6.18 Å². The molecule has 0 spiro atoms. The van der Waals surface area contributed by atoms with E-state index in [0.29, 0.717) is 6.26 Å². The standard InChI is InChI=1S/C6H4F3O/c1-4-2-5(3-10-4)6(7,8)9/h2-3H,1H2. The number of hydrogen-bond donors (Lipinski definition) is 0. The van der Waals surface area contributed by atoms with E-state index in [1.54, 1.807) is 0 Å². The van der Waals surface area contributed by atoms with Crippen LogP contribution in [-0.2, 0) is 6.18 Å². The minimum Gasteiger partial charge on any atom is -0.469 e. The Bertz CT molecular complexity index is 223. The van der Waals surface area contributed by atoms with Crippen LogP contribution in [0.3, 0.4) is 0 Å². The zero-order chi connectivity index (χ0) is 7.78. The molecule has 0 fully saturated rings. The molecule has 0 amide bonds. The molecule has 0 aliphatic carbocycles. The zero-order valence-corrected chi connectivity index (χ0v) is 4.90. The third kappa shape index (κ3) is 1.32. The van der Waals surface area contributed by atoms with E-state index in [1.165, 1.54) is 0 Å². The number of halogens is 3. The molecule has 4 heteroatoms. The van der Waals surface area contributed by atoms with Gasteiger partial charge in [-0.2, -0.15) is 13.2 Å². The van der Waals surface area contributed by atoms with Crippen LogP contribution in [-0.4, -0.2) is 0 Å². The lowest BCUT2D eigenvalue weighted by atomic mass is 10.3. The van der Waals surface area contributed by atoms with E-state index in [-0.39, 0.29) is 5.76 Å². The highest BCUT2D eigenvalue weighted by molar-refractivity contribution is 5.17. The van der Waals surface area contributed by atoms with Gasteiger partial charge in [0.15, 0.2) is 0 Å². The van der Waals surface area contributed by atoms with Crippen LogP contribution in [0.5, 0.6) is 0 Å². The highest BCUT2D eigenvalue weighted by Gasteiger charge is 2.32. The van der Waals surface area contributed by atoms with E-state index in [1.807, 2.05) is 0 Å². The maximum atomic E-state index is 11.7. The maximum absolute atomic E-state index is 11.7. The van der Waals surface area contributed by atoms with Crippen LogP contribution in [0.25, 0.3) is 0 Å². The van der Waals surface area contributed by atoms with E-state index >= 15 is 0 Å². The largest absolute Gasteiger partial charge is 0.469 e. The van der Waals surface area contributed by atoms with Gasteiger partial charge in [-0.15, -0.1) is 0 Å². The molecule has 0 N–H and O–H groups in total. The summed E-state index contributed by atoms with van der Waals surface area (Å²) >= 11 is 0. The Labute approximate surface area is 55.5 Å².